The minimum Gasteiger partial charge on any atom is -0.399 e. The van der Waals surface area contributed by atoms with Gasteiger partial charge in [-0.15, -0.1) is 0 Å². The summed E-state index contributed by atoms with van der Waals surface area (Å²) in [5.41, 5.74) is 8.62. The van der Waals surface area contributed by atoms with E-state index in [1.54, 1.807) is 0 Å². The van der Waals surface area contributed by atoms with E-state index in [2.05, 4.69) is 25.6 Å². The molecular formula is C12H17N. The van der Waals surface area contributed by atoms with Crippen LogP contribution in [0, 0.1) is 0 Å². The molecule has 13 heavy (non-hydrogen) atoms. The monoisotopic (exact) mass is 175 g/mol. The topological polar surface area (TPSA) is 26.0 Å². The SMILES string of the molecule is C=C(N)c1ccc(CCCC)cc1. The Morgan fingerprint density at radius 3 is 2.38 bits per heavy atom. The molecule has 0 atom stereocenters. The summed E-state index contributed by atoms with van der Waals surface area (Å²) in [5.74, 6) is 0. The van der Waals surface area contributed by atoms with E-state index in [9.17, 15) is 0 Å². The highest BCUT2D eigenvalue weighted by atomic mass is 14.6. The Kier molecular flexibility index (Phi) is 3.56. The lowest BCUT2D eigenvalue weighted by molar-refractivity contribution is 0.795. The van der Waals surface area contributed by atoms with Crippen LogP contribution in [0.4, 0.5) is 0 Å². The molecule has 0 amide bonds. The zero-order valence-electron chi connectivity index (χ0n) is 8.22. The van der Waals surface area contributed by atoms with Crippen LogP contribution in [0.25, 0.3) is 5.70 Å². The number of rotatable bonds is 4. The minimum absolute atomic E-state index is 0.641. The van der Waals surface area contributed by atoms with Crippen LogP contribution in [-0.2, 0) is 6.42 Å². The molecule has 0 unspecified atom stereocenters. The van der Waals surface area contributed by atoms with Gasteiger partial charge in [0.1, 0.15) is 0 Å². The predicted molar refractivity (Wildman–Crippen MR) is 58.3 cm³/mol. The maximum absolute atomic E-state index is 5.57. The lowest BCUT2D eigenvalue weighted by Crippen LogP contribution is -1.94. The van der Waals surface area contributed by atoms with Crippen LogP contribution in [0.2, 0.25) is 0 Å². The van der Waals surface area contributed by atoms with Crippen molar-refractivity contribution < 1.29 is 0 Å². The van der Waals surface area contributed by atoms with Crippen molar-refractivity contribution in [2.45, 2.75) is 26.2 Å². The second-order valence-corrected chi connectivity index (χ2v) is 3.33. The van der Waals surface area contributed by atoms with Crippen LogP contribution >= 0.6 is 0 Å². The van der Waals surface area contributed by atoms with Crippen LogP contribution in [0.3, 0.4) is 0 Å². The van der Waals surface area contributed by atoms with E-state index in [0.717, 1.165) is 12.0 Å². The first-order valence-electron chi connectivity index (χ1n) is 4.77. The molecule has 2 N–H and O–H groups in total. The molecule has 0 saturated carbocycles. The minimum atomic E-state index is 0.641. The molecule has 1 rings (SSSR count). The molecule has 1 aromatic carbocycles. The van der Waals surface area contributed by atoms with E-state index in [1.165, 1.54) is 18.4 Å². The number of hydrogen-bond acceptors (Lipinski definition) is 1. The first kappa shape index (κ1) is 9.85. The molecule has 0 aliphatic rings. The second-order valence-electron chi connectivity index (χ2n) is 3.33. The smallest absolute Gasteiger partial charge is 0.0314 e. The van der Waals surface area contributed by atoms with Crippen LogP contribution in [0.5, 0.6) is 0 Å². The van der Waals surface area contributed by atoms with Gasteiger partial charge in [0.05, 0.1) is 0 Å². The van der Waals surface area contributed by atoms with E-state index in [4.69, 9.17) is 5.73 Å². The molecule has 0 heterocycles. The van der Waals surface area contributed by atoms with E-state index in [1.807, 2.05) is 12.1 Å². The largest absolute Gasteiger partial charge is 0.399 e. The van der Waals surface area contributed by atoms with Gasteiger partial charge in [0.15, 0.2) is 0 Å². The van der Waals surface area contributed by atoms with Crippen LogP contribution in [0.1, 0.15) is 30.9 Å². The Hall–Kier alpha value is -1.24. The number of benzene rings is 1. The van der Waals surface area contributed by atoms with E-state index in [-0.39, 0.29) is 0 Å². The van der Waals surface area contributed by atoms with Crippen LogP contribution in [-0.4, -0.2) is 0 Å². The molecule has 0 aliphatic heterocycles. The maximum Gasteiger partial charge on any atom is 0.0314 e. The third kappa shape index (κ3) is 2.94. The fourth-order valence-electron chi connectivity index (χ4n) is 1.27. The van der Waals surface area contributed by atoms with Crippen LogP contribution < -0.4 is 5.73 Å². The van der Waals surface area contributed by atoms with Crippen molar-refractivity contribution in [3.8, 4) is 0 Å². The quantitative estimate of drug-likeness (QED) is 0.748. The molecule has 70 valence electrons. The zero-order chi connectivity index (χ0) is 9.68. The standard InChI is InChI=1S/C12H17N/c1-3-4-5-11-6-8-12(9-7-11)10(2)13/h6-9H,2-5,13H2,1H3. The highest BCUT2D eigenvalue weighted by molar-refractivity contribution is 5.60. The Balaban J connectivity index is 2.64. The van der Waals surface area contributed by atoms with Gasteiger partial charge in [-0.05, 0) is 24.0 Å². The number of hydrogen-bond donors (Lipinski definition) is 1. The summed E-state index contributed by atoms with van der Waals surface area (Å²) in [6, 6.07) is 8.33. The summed E-state index contributed by atoms with van der Waals surface area (Å²) >= 11 is 0. The Labute approximate surface area is 80.3 Å². The molecule has 0 fully saturated rings. The average Bonchev–Trinajstić information content (AvgIpc) is 2.15. The molecule has 1 aromatic rings. The second kappa shape index (κ2) is 4.70. The third-order valence-electron chi connectivity index (χ3n) is 2.14. The molecule has 0 aromatic heterocycles. The molecule has 0 aliphatic carbocycles. The fraction of sp³-hybridized carbons (Fsp3) is 0.333. The summed E-state index contributed by atoms with van der Waals surface area (Å²) in [7, 11) is 0. The van der Waals surface area contributed by atoms with Gasteiger partial charge in [-0.1, -0.05) is 44.2 Å². The Morgan fingerprint density at radius 1 is 1.31 bits per heavy atom. The van der Waals surface area contributed by atoms with E-state index in [0.29, 0.717) is 5.70 Å². The predicted octanol–water partition coefficient (Wildman–Crippen LogP) is 2.96. The van der Waals surface area contributed by atoms with Gasteiger partial charge in [0.2, 0.25) is 0 Å². The van der Waals surface area contributed by atoms with Crippen molar-refractivity contribution in [3.05, 3.63) is 42.0 Å². The van der Waals surface area contributed by atoms with Gasteiger partial charge in [-0.2, -0.15) is 0 Å². The van der Waals surface area contributed by atoms with Gasteiger partial charge < -0.3 is 5.73 Å². The van der Waals surface area contributed by atoms with Crippen molar-refractivity contribution in [2.75, 3.05) is 0 Å². The molecule has 0 radical (unpaired) electrons. The third-order valence-corrected chi connectivity index (χ3v) is 2.14. The number of nitrogens with two attached hydrogens (primary N) is 1. The summed E-state index contributed by atoms with van der Waals surface area (Å²) in [6.07, 6.45) is 3.65. The maximum atomic E-state index is 5.57. The first-order valence-corrected chi connectivity index (χ1v) is 4.77. The van der Waals surface area contributed by atoms with Gasteiger partial charge >= 0.3 is 0 Å². The summed E-state index contributed by atoms with van der Waals surface area (Å²) in [5, 5.41) is 0. The lowest BCUT2D eigenvalue weighted by Gasteiger charge is -2.02. The highest BCUT2D eigenvalue weighted by Gasteiger charge is 1.94. The van der Waals surface area contributed by atoms with E-state index >= 15 is 0 Å². The van der Waals surface area contributed by atoms with Crippen molar-refractivity contribution in [2.24, 2.45) is 5.73 Å². The molecule has 0 saturated heterocycles. The summed E-state index contributed by atoms with van der Waals surface area (Å²) in [6.45, 7) is 5.90. The summed E-state index contributed by atoms with van der Waals surface area (Å²) < 4.78 is 0. The summed E-state index contributed by atoms with van der Waals surface area (Å²) in [4.78, 5) is 0. The molecular weight excluding hydrogens is 158 g/mol. The Morgan fingerprint density at radius 2 is 1.92 bits per heavy atom. The van der Waals surface area contributed by atoms with Crippen molar-refractivity contribution >= 4 is 5.70 Å². The molecule has 0 bridgehead atoms. The molecule has 1 nitrogen and oxygen atoms in total. The van der Waals surface area contributed by atoms with Crippen LogP contribution in [0.15, 0.2) is 30.8 Å². The van der Waals surface area contributed by atoms with Crippen molar-refractivity contribution in [1.82, 2.24) is 0 Å². The number of aryl methyl sites for hydroxylation is 1. The highest BCUT2D eigenvalue weighted by Crippen LogP contribution is 2.10. The molecule has 1 heteroatoms. The van der Waals surface area contributed by atoms with E-state index < -0.39 is 0 Å². The Bertz CT molecular complexity index is 272. The molecule has 0 spiro atoms. The van der Waals surface area contributed by atoms with Gasteiger partial charge in [0.25, 0.3) is 0 Å². The van der Waals surface area contributed by atoms with Crippen molar-refractivity contribution in [1.29, 1.82) is 0 Å². The zero-order valence-corrected chi connectivity index (χ0v) is 8.22. The van der Waals surface area contributed by atoms with Gasteiger partial charge in [0, 0.05) is 5.70 Å². The number of unbranched alkanes of at least 4 members (excludes halogenated alkanes) is 1. The normalized spacial score (nSPS) is 9.92. The first-order chi connectivity index (χ1) is 6.24. The average molecular weight is 175 g/mol. The van der Waals surface area contributed by atoms with Crippen molar-refractivity contribution in [3.63, 3.8) is 0 Å². The fourth-order valence-corrected chi connectivity index (χ4v) is 1.27. The van der Waals surface area contributed by atoms with Gasteiger partial charge in [-0.25, -0.2) is 0 Å². The lowest BCUT2D eigenvalue weighted by atomic mass is 10.1. The van der Waals surface area contributed by atoms with Gasteiger partial charge in [-0.3, -0.25) is 0 Å².